The van der Waals surface area contributed by atoms with Crippen LogP contribution in [0.5, 0.6) is 0 Å². The molecule has 3 aromatic rings. The Morgan fingerprint density at radius 1 is 0.625 bits per heavy atom. The topological polar surface area (TPSA) is 23.8 Å². The average molecular weight is 311 g/mol. The van der Waals surface area contributed by atoms with Gasteiger partial charge < -0.3 is 0 Å². The Hall–Kier alpha value is -2.85. The van der Waals surface area contributed by atoms with Crippen LogP contribution in [0, 0.1) is 39.0 Å². The zero-order valence-electron chi connectivity index (χ0n) is 14.6. The molecule has 0 saturated carbocycles. The molecule has 3 rings (SSSR count). The molecule has 0 atom stereocenters. The molecule has 0 radical (unpaired) electrons. The maximum Gasteiger partial charge on any atom is 0.0994 e. The van der Waals surface area contributed by atoms with Gasteiger partial charge in [-0.05, 0) is 72.7 Å². The van der Waals surface area contributed by atoms with Gasteiger partial charge in [-0.1, -0.05) is 54.1 Å². The van der Waals surface area contributed by atoms with Crippen molar-refractivity contribution in [3.8, 4) is 28.3 Å². The summed E-state index contributed by atoms with van der Waals surface area (Å²) in [5, 5.41) is 9.09. The average Bonchev–Trinajstić information content (AvgIpc) is 2.54. The summed E-state index contributed by atoms with van der Waals surface area (Å²) in [6.45, 7) is 8.42. The van der Waals surface area contributed by atoms with Crippen molar-refractivity contribution >= 4 is 0 Å². The molecule has 0 unspecified atom stereocenters. The molecule has 24 heavy (non-hydrogen) atoms. The number of rotatable bonds is 2. The van der Waals surface area contributed by atoms with Crippen molar-refractivity contribution in [2.75, 3.05) is 0 Å². The molecule has 0 spiro atoms. The molecule has 3 aromatic carbocycles. The third kappa shape index (κ3) is 2.96. The van der Waals surface area contributed by atoms with E-state index in [-0.39, 0.29) is 0 Å². The lowest BCUT2D eigenvalue weighted by atomic mass is 9.92. The van der Waals surface area contributed by atoms with Gasteiger partial charge in [0, 0.05) is 0 Å². The Morgan fingerprint density at radius 3 is 1.71 bits per heavy atom. The Morgan fingerprint density at radius 2 is 1.17 bits per heavy atom. The van der Waals surface area contributed by atoms with Crippen molar-refractivity contribution in [3.63, 3.8) is 0 Å². The molecule has 0 aliphatic rings. The second-order valence-electron chi connectivity index (χ2n) is 6.49. The predicted molar refractivity (Wildman–Crippen MR) is 101 cm³/mol. The van der Waals surface area contributed by atoms with Gasteiger partial charge in [-0.2, -0.15) is 5.26 Å². The quantitative estimate of drug-likeness (QED) is 0.559. The summed E-state index contributed by atoms with van der Waals surface area (Å²) in [5.41, 5.74) is 10.5. The van der Waals surface area contributed by atoms with Crippen molar-refractivity contribution < 1.29 is 0 Å². The van der Waals surface area contributed by atoms with E-state index < -0.39 is 0 Å². The first-order valence-corrected chi connectivity index (χ1v) is 8.19. The molecule has 0 fully saturated rings. The number of nitrogens with zero attached hydrogens (tertiary/aromatic N) is 1. The molecular weight excluding hydrogens is 290 g/mol. The van der Waals surface area contributed by atoms with Crippen molar-refractivity contribution in [2.45, 2.75) is 27.7 Å². The van der Waals surface area contributed by atoms with Crippen molar-refractivity contribution in [2.24, 2.45) is 0 Å². The van der Waals surface area contributed by atoms with Gasteiger partial charge in [0.1, 0.15) is 0 Å². The van der Waals surface area contributed by atoms with Crippen LogP contribution in [0.3, 0.4) is 0 Å². The van der Waals surface area contributed by atoms with E-state index in [1.54, 1.807) is 0 Å². The largest absolute Gasteiger partial charge is 0.192 e. The number of benzene rings is 3. The highest BCUT2D eigenvalue weighted by atomic mass is 14.2. The Bertz CT molecular complexity index is 958. The maximum atomic E-state index is 9.09. The van der Waals surface area contributed by atoms with Crippen molar-refractivity contribution in [1.29, 1.82) is 5.26 Å². The molecule has 118 valence electrons. The zero-order valence-corrected chi connectivity index (χ0v) is 14.6. The molecule has 0 aliphatic carbocycles. The molecule has 0 bridgehead atoms. The fourth-order valence-corrected chi connectivity index (χ4v) is 3.25. The monoisotopic (exact) mass is 311 g/mol. The molecule has 0 saturated heterocycles. The lowest BCUT2D eigenvalue weighted by molar-refractivity contribution is 1.36. The van der Waals surface area contributed by atoms with E-state index in [4.69, 9.17) is 5.26 Å². The van der Waals surface area contributed by atoms with E-state index >= 15 is 0 Å². The fourth-order valence-electron chi connectivity index (χ4n) is 3.25. The SMILES string of the molecule is Cc1ccc(-c2ccc(-c3ccc(C#N)c(C)c3)c(C)c2)c(C)c1. The zero-order chi connectivity index (χ0) is 17.3. The van der Waals surface area contributed by atoms with E-state index in [0.717, 1.165) is 16.7 Å². The maximum absolute atomic E-state index is 9.09. The van der Waals surface area contributed by atoms with Crippen LogP contribution < -0.4 is 0 Å². The molecule has 0 amide bonds. The standard InChI is InChI=1S/C23H21N/c1-15-5-9-22(17(3)11-15)20-8-10-23(18(4)13-20)19-6-7-21(14-24)16(2)12-19/h5-13H,1-4H3. The number of hydrogen-bond acceptors (Lipinski definition) is 1. The highest BCUT2D eigenvalue weighted by Crippen LogP contribution is 2.31. The minimum absolute atomic E-state index is 0.739. The Kier molecular flexibility index (Phi) is 4.23. The summed E-state index contributed by atoms with van der Waals surface area (Å²) in [6, 6.07) is 21.5. The third-order valence-corrected chi connectivity index (χ3v) is 4.58. The number of aryl methyl sites for hydroxylation is 4. The van der Waals surface area contributed by atoms with Gasteiger partial charge >= 0.3 is 0 Å². The first-order chi connectivity index (χ1) is 11.5. The van der Waals surface area contributed by atoms with Gasteiger partial charge in [-0.25, -0.2) is 0 Å². The second-order valence-corrected chi connectivity index (χ2v) is 6.49. The van der Waals surface area contributed by atoms with Gasteiger partial charge in [0.25, 0.3) is 0 Å². The van der Waals surface area contributed by atoms with E-state index in [1.165, 1.54) is 33.4 Å². The lowest BCUT2D eigenvalue weighted by Gasteiger charge is -2.12. The fraction of sp³-hybridized carbons (Fsp3) is 0.174. The van der Waals surface area contributed by atoms with Gasteiger partial charge in [0.05, 0.1) is 11.6 Å². The summed E-state index contributed by atoms with van der Waals surface area (Å²) in [6.07, 6.45) is 0. The predicted octanol–water partition coefficient (Wildman–Crippen LogP) is 6.13. The molecule has 1 nitrogen and oxygen atoms in total. The van der Waals surface area contributed by atoms with Crippen LogP contribution in [0.25, 0.3) is 22.3 Å². The summed E-state index contributed by atoms with van der Waals surface area (Å²) in [4.78, 5) is 0. The van der Waals surface area contributed by atoms with Gasteiger partial charge in [0.2, 0.25) is 0 Å². The molecular formula is C23H21N. The number of nitriles is 1. The number of hydrogen-bond donors (Lipinski definition) is 0. The first-order valence-electron chi connectivity index (χ1n) is 8.19. The first kappa shape index (κ1) is 16.0. The van der Waals surface area contributed by atoms with Crippen LogP contribution in [-0.4, -0.2) is 0 Å². The Balaban J connectivity index is 2.04. The van der Waals surface area contributed by atoms with Crippen LogP contribution in [0.1, 0.15) is 27.8 Å². The van der Waals surface area contributed by atoms with Crippen LogP contribution in [-0.2, 0) is 0 Å². The van der Waals surface area contributed by atoms with Gasteiger partial charge in [0.15, 0.2) is 0 Å². The van der Waals surface area contributed by atoms with Crippen molar-refractivity contribution in [3.05, 3.63) is 82.4 Å². The third-order valence-electron chi connectivity index (χ3n) is 4.58. The van der Waals surface area contributed by atoms with E-state index in [2.05, 4.69) is 69.3 Å². The minimum Gasteiger partial charge on any atom is -0.192 e. The normalized spacial score (nSPS) is 10.5. The van der Waals surface area contributed by atoms with E-state index in [9.17, 15) is 0 Å². The summed E-state index contributed by atoms with van der Waals surface area (Å²) < 4.78 is 0. The summed E-state index contributed by atoms with van der Waals surface area (Å²) in [7, 11) is 0. The van der Waals surface area contributed by atoms with Crippen LogP contribution in [0.4, 0.5) is 0 Å². The van der Waals surface area contributed by atoms with Crippen LogP contribution >= 0.6 is 0 Å². The smallest absolute Gasteiger partial charge is 0.0994 e. The lowest BCUT2D eigenvalue weighted by Crippen LogP contribution is -1.90. The molecule has 0 aromatic heterocycles. The molecule has 1 heteroatoms. The summed E-state index contributed by atoms with van der Waals surface area (Å²) in [5.74, 6) is 0. The summed E-state index contributed by atoms with van der Waals surface area (Å²) >= 11 is 0. The van der Waals surface area contributed by atoms with Gasteiger partial charge in [-0.3, -0.25) is 0 Å². The van der Waals surface area contributed by atoms with Crippen LogP contribution in [0.2, 0.25) is 0 Å². The highest BCUT2D eigenvalue weighted by Gasteiger charge is 2.08. The van der Waals surface area contributed by atoms with E-state index in [1.807, 2.05) is 19.1 Å². The van der Waals surface area contributed by atoms with E-state index in [0.29, 0.717) is 0 Å². The Labute approximate surface area is 144 Å². The molecule has 0 heterocycles. The van der Waals surface area contributed by atoms with Crippen LogP contribution in [0.15, 0.2) is 54.6 Å². The minimum atomic E-state index is 0.739. The molecule has 0 N–H and O–H groups in total. The second kappa shape index (κ2) is 6.34. The molecule has 0 aliphatic heterocycles. The van der Waals surface area contributed by atoms with Crippen molar-refractivity contribution in [1.82, 2.24) is 0 Å². The highest BCUT2D eigenvalue weighted by molar-refractivity contribution is 5.75. The van der Waals surface area contributed by atoms with Gasteiger partial charge in [-0.15, -0.1) is 0 Å².